The van der Waals surface area contributed by atoms with E-state index in [9.17, 15) is 0 Å². The van der Waals surface area contributed by atoms with Gasteiger partial charge in [-0.1, -0.05) is 50.6 Å². The van der Waals surface area contributed by atoms with Crippen molar-refractivity contribution < 1.29 is 13.3 Å². The minimum absolute atomic E-state index is 0.0309. The standard InChI is InChI=1S/C16H29NO3Si/c1-5-7-13-16(17-14-6-2)20-21(18-3,19-4)15-11-9-8-10-12-15/h8-12,16-17H,5-7,13-14H2,1-4H3. The monoisotopic (exact) mass is 311 g/mol. The minimum atomic E-state index is -2.85. The molecule has 0 saturated carbocycles. The number of rotatable bonds is 11. The molecular formula is C16H29NO3Si. The SMILES string of the molecule is CCCCC(NCCC)O[Si](OC)(OC)c1ccccc1. The van der Waals surface area contributed by atoms with Crippen molar-refractivity contribution in [2.24, 2.45) is 0 Å². The van der Waals surface area contributed by atoms with E-state index in [1.165, 1.54) is 0 Å². The zero-order valence-electron chi connectivity index (χ0n) is 13.7. The first-order valence-electron chi connectivity index (χ1n) is 7.79. The summed E-state index contributed by atoms with van der Waals surface area (Å²) < 4.78 is 17.7. The van der Waals surface area contributed by atoms with Gasteiger partial charge in [-0.3, -0.25) is 5.32 Å². The Labute approximate surface area is 130 Å². The summed E-state index contributed by atoms with van der Waals surface area (Å²) in [6.45, 7) is 5.27. The Morgan fingerprint density at radius 1 is 1.05 bits per heavy atom. The third kappa shape index (κ3) is 5.52. The molecule has 1 aromatic rings. The second-order valence-corrected chi connectivity index (χ2v) is 7.78. The summed E-state index contributed by atoms with van der Waals surface area (Å²) in [5, 5.41) is 4.45. The van der Waals surface area contributed by atoms with Crippen molar-refractivity contribution in [1.82, 2.24) is 5.32 Å². The second-order valence-electron chi connectivity index (χ2n) is 5.03. The number of hydrogen-bond acceptors (Lipinski definition) is 4. The lowest BCUT2D eigenvalue weighted by Crippen LogP contribution is -2.59. The molecule has 5 heteroatoms. The summed E-state index contributed by atoms with van der Waals surface area (Å²) in [5.41, 5.74) is 0. The van der Waals surface area contributed by atoms with Crippen LogP contribution in [0.3, 0.4) is 0 Å². The molecule has 120 valence electrons. The van der Waals surface area contributed by atoms with Crippen molar-refractivity contribution in [2.45, 2.75) is 45.8 Å². The number of benzene rings is 1. The fourth-order valence-electron chi connectivity index (χ4n) is 2.21. The van der Waals surface area contributed by atoms with Crippen molar-refractivity contribution in [1.29, 1.82) is 0 Å². The Hall–Kier alpha value is -0.723. The van der Waals surface area contributed by atoms with Crippen molar-refractivity contribution in [3.05, 3.63) is 30.3 Å². The van der Waals surface area contributed by atoms with Crippen molar-refractivity contribution in [3.63, 3.8) is 0 Å². The molecule has 0 amide bonds. The quantitative estimate of drug-likeness (QED) is 0.504. The summed E-state index contributed by atoms with van der Waals surface area (Å²) in [5.74, 6) is 0. The lowest BCUT2D eigenvalue weighted by atomic mass is 10.2. The molecule has 0 bridgehead atoms. The Kier molecular flexibility index (Phi) is 8.80. The van der Waals surface area contributed by atoms with Crippen LogP contribution in [0.2, 0.25) is 0 Å². The van der Waals surface area contributed by atoms with Crippen LogP contribution in [0.4, 0.5) is 0 Å². The summed E-state index contributed by atoms with van der Waals surface area (Å²) in [6, 6.07) is 9.97. The van der Waals surface area contributed by atoms with Crippen LogP contribution in [-0.4, -0.2) is 35.8 Å². The zero-order valence-corrected chi connectivity index (χ0v) is 14.7. The summed E-state index contributed by atoms with van der Waals surface area (Å²) in [4.78, 5) is 0. The van der Waals surface area contributed by atoms with E-state index in [1.54, 1.807) is 14.2 Å². The Morgan fingerprint density at radius 2 is 1.71 bits per heavy atom. The van der Waals surface area contributed by atoms with Gasteiger partial charge in [-0.15, -0.1) is 0 Å². The van der Waals surface area contributed by atoms with Gasteiger partial charge in [0.2, 0.25) is 0 Å². The molecular weight excluding hydrogens is 282 g/mol. The maximum Gasteiger partial charge on any atom is 0.537 e. The third-order valence-corrected chi connectivity index (χ3v) is 6.11. The molecule has 1 N–H and O–H groups in total. The molecule has 1 unspecified atom stereocenters. The number of nitrogens with one attached hydrogen (secondary N) is 1. The van der Waals surface area contributed by atoms with Gasteiger partial charge in [0, 0.05) is 19.4 Å². The normalized spacial score (nSPS) is 13.3. The van der Waals surface area contributed by atoms with Crippen LogP contribution in [0.15, 0.2) is 30.3 Å². The van der Waals surface area contributed by atoms with Gasteiger partial charge < -0.3 is 13.3 Å². The first-order chi connectivity index (χ1) is 10.2. The van der Waals surface area contributed by atoms with Gasteiger partial charge >= 0.3 is 8.80 Å². The Bertz CT molecular complexity index is 363. The van der Waals surface area contributed by atoms with Gasteiger partial charge in [-0.25, -0.2) is 0 Å². The molecule has 1 rings (SSSR count). The number of hydrogen-bond donors (Lipinski definition) is 1. The molecule has 0 saturated heterocycles. The zero-order chi connectivity index (χ0) is 15.6. The average molecular weight is 311 g/mol. The van der Waals surface area contributed by atoms with Crippen molar-refractivity contribution >= 4 is 14.0 Å². The van der Waals surface area contributed by atoms with Crippen LogP contribution in [-0.2, 0) is 13.3 Å². The van der Waals surface area contributed by atoms with E-state index in [2.05, 4.69) is 19.2 Å². The first kappa shape index (κ1) is 18.3. The molecule has 21 heavy (non-hydrogen) atoms. The van der Waals surface area contributed by atoms with Crippen LogP contribution in [0.5, 0.6) is 0 Å². The highest BCUT2D eigenvalue weighted by Crippen LogP contribution is 2.14. The van der Waals surface area contributed by atoms with E-state index < -0.39 is 8.80 Å². The van der Waals surface area contributed by atoms with E-state index in [0.29, 0.717) is 0 Å². The molecule has 1 aromatic carbocycles. The lowest BCUT2D eigenvalue weighted by Gasteiger charge is -2.31. The van der Waals surface area contributed by atoms with Crippen LogP contribution in [0.25, 0.3) is 0 Å². The minimum Gasteiger partial charge on any atom is -0.373 e. The molecule has 0 heterocycles. The van der Waals surface area contributed by atoms with Gasteiger partial charge in [0.1, 0.15) is 6.23 Å². The molecule has 0 aliphatic rings. The smallest absolute Gasteiger partial charge is 0.373 e. The van der Waals surface area contributed by atoms with Gasteiger partial charge in [0.05, 0.1) is 0 Å². The highest BCUT2D eigenvalue weighted by molar-refractivity contribution is 6.75. The molecule has 0 aromatic heterocycles. The van der Waals surface area contributed by atoms with Gasteiger partial charge in [0.25, 0.3) is 0 Å². The fourth-order valence-corrected chi connectivity index (χ4v) is 4.35. The lowest BCUT2D eigenvalue weighted by molar-refractivity contribution is 0.0454. The average Bonchev–Trinajstić information content (AvgIpc) is 2.55. The number of unbranched alkanes of at least 4 members (excludes halogenated alkanes) is 1. The van der Waals surface area contributed by atoms with Crippen LogP contribution in [0.1, 0.15) is 39.5 Å². The Balaban J connectivity index is 2.86. The second kappa shape index (κ2) is 10.1. The maximum absolute atomic E-state index is 6.31. The van der Waals surface area contributed by atoms with E-state index in [4.69, 9.17) is 13.3 Å². The fraction of sp³-hybridized carbons (Fsp3) is 0.625. The predicted octanol–water partition coefficient (Wildman–Crippen LogP) is 2.66. The largest absolute Gasteiger partial charge is 0.537 e. The topological polar surface area (TPSA) is 39.7 Å². The van der Waals surface area contributed by atoms with Gasteiger partial charge in [-0.05, 0) is 25.8 Å². The third-order valence-electron chi connectivity index (χ3n) is 3.40. The van der Waals surface area contributed by atoms with Crippen molar-refractivity contribution in [2.75, 3.05) is 20.8 Å². The van der Waals surface area contributed by atoms with E-state index in [-0.39, 0.29) is 6.23 Å². The Morgan fingerprint density at radius 3 is 2.24 bits per heavy atom. The molecule has 0 aliphatic heterocycles. The summed E-state index contributed by atoms with van der Waals surface area (Å²) in [6.07, 6.45) is 4.27. The van der Waals surface area contributed by atoms with E-state index in [1.807, 2.05) is 30.3 Å². The van der Waals surface area contributed by atoms with Gasteiger partial charge in [-0.2, -0.15) is 0 Å². The maximum atomic E-state index is 6.31. The van der Waals surface area contributed by atoms with Crippen LogP contribution < -0.4 is 10.5 Å². The first-order valence-corrected chi connectivity index (χ1v) is 9.51. The van der Waals surface area contributed by atoms with E-state index >= 15 is 0 Å². The molecule has 0 fully saturated rings. The molecule has 4 nitrogen and oxygen atoms in total. The van der Waals surface area contributed by atoms with Crippen molar-refractivity contribution in [3.8, 4) is 0 Å². The molecule has 0 aliphatic carbocycles. The summed E-state index contributed by atoms with van der Waals surface area (Å²) in [7, 11) is 0.487. The summed E-state index contributed by atoms with van der Waals surface area (Å²) >= 11 is 0. The van der Waals surface area contributed by atoms with Gasteiger partial charge in [0.15, 0.2) is 0 Å². The highest BCUT2D eigenvalue weighted by atomic mass is 28.4. The predicted molar refractivity (Wildman–Crippen MR) is 88.5 cm³/mol. The van der Waals surface area contributed by atoms with Crippen LogP contribution in [0, 0.1) is 0 Å². The highest BCUT2D eigenvalue weighted by Gasteiger charge is 2.43. The molecule has 1 atom stereocenters. The molecule has 0 radical (unpaired) electrons. The van der Waals surface area contributed by atoms with E-state index in [0.717, 1.165) is 37.4 Å². The van der Waals surface area contributed by atoms with Crippen LogP contribution >= 0.6 is 0 Å². The molecule has 0 spiro atoms.